The number of hydrogen-bond acceptors (Lipinski definition) is 3. The highest BCUT2D eigenvalue weighted by Gasteiger charge is 2.24. The van der Waals surface area contributed by atoms with Gasteiger partial charge in [0.15, 0.2) is 5.76 Å². The van der Waals surface area contributed by atoms with Crippen molar-refractivity contribution in [1.29, 1.82) is 0 Å². The van der Waals surface area contributed by atoms with Gasteiger partial charge in [0.2, 0.25) is 0 Å². The normalized spacial score (nSPS) is 19.0. The molecule has 2 heterocycles. The fourth-order valence-electron chi connectivity index (χ4n) is 2.93. The van der Waals surface area contributed by atoms with Gasteiger partial charge in [-0.1, -0.05) is 24.6 Å². The Kier molecular flexibility index (Phi) is 3.53. The summed E-state index contributed by atoms with van der Waals surface area (Å²) in [6.45, 7) is 5.53. The molecule has 1 atom stereocenters. The lowest BCUT2D eigenvalue weighted by atomic mass is 10.00. The predicted octanol–water partition coefficient (Wildman–Crippen LogP) is 2.97. The molecule has 1 unspecified atom stereocenters. The molecule has 110 valence electrons. The number of amides is 1. The van der Waals surface area contributed by atoms with E-state index in [-0.39, 0.29) is 11.7 Å². The van der Waals surface area contributed by atoms with Crippen LogP contribution < -0.4 is 5.63 Å². The van der Waals surface area contributed by atoms with Gasteiger partial charge < -0.3 is 9.32 Å². The molecule has 1 aromatic carbocycles. The van der Waals surface area contributed by atoms with Gasteiger partial charge >= 0.3 is 5.63 Å². The molecule has 0 N–H and O–H groups in total. The van der Waals surface area contributed by atoms with Crippen LogP contribution in [0.5, 0.6) is 0 Å². The maximum absolute atomic E-state index is 12.5. The van der Waals surface area contributed by atoms with E-state index >= 15 is 0 Å². The lowest BCUT2D eigenvalue weighted by molar-refractivity contribution is 0.0646. The quantitative estimate of drug-likeness (QED) is 0.809. The average molecular weight is 285 g/mol. The minimum absolute atomic E-state index is 0.144. The second-order valence-electron chi connectivity index (χ2n) is 5.99. The monoisotopic (exact) mass is 285 g/mol. The van der Waals surface area contributed by atoms with Gasteiger partial charge in [-0.15, -0.1) is 0 Å². The molecular formula is C17H19NO3. The van der Waals surface area contributed by atoms with Gasteiger partial charge in [0, 0.05) is 13.1 Å². The summed E-state index contributed by atoms with van der Waals surface area (Å²) in [6.07, 6.45) is 2.15. The molecule has 4 nitrogen and oxygen atoms in total. The Morgan fingerprint density at radius 3 is 2.90 bits per heavy atom. The molecule has 0 saturated carbocycles. The summed E-state index contributed by atoms with van der Waals surface area (Å²) in [6, 6.07) is 7.26. The Morgan fingerprint density at radius 2 is 2.14 bits per heavy atom. The van der Waals surface area contributed by atoms with Crippen molar-refractivity contribution >= 4 is 16.7 Å². The summed E-state index contributed by atoms with van der Waals surface area (Å²) in [5, 5.41) is 1.28. The molecule has 1 aromatic heterocycles. The molecule has 0 bridgehead atoms. The SMILES string of the molecule is Cc1ccc2cc(C(=O)N3CCCC(C)C3)oc(=O)c2c1. The van der Waals surface area contributed by atoms with Crippen LogP contribution in [0.2, 0.25) is 0 Å². The van der Waals surface area contributed by atoms with Crippen LogP contribution >= 0.6 is 0 Å². The molecular weight excluding hydrogens is 266 g/mol. The van der Waals surface area contributed by atoms with Crippen molar-refractivity contribution in [2.24, 2.45) is 5.92 Å². The van der Waals surface area contributed by atoms with Gasteiger partial charge in [-0.2, -0.15) is 0 Å². The Morgan fingerprint density at radius 1 is 1.33 bits per heavy atom. The van der Waals surface area contributed by atoms with Crippen LogP contribution in [-0.2, 0) is 0 Å². The maximum atomic E-state index is 12.5. The molecule has 4 heteroatoms. The molecule has 0 spiro atoms. The second-order valence-corrected chi connectivity index (χ2v) is 5.99. The Hall–Kier alpha value is -2.10. The highest BCUT2D eigenvalue weighted by atomic mass is 16.4. The number of hydrogen-bond donors (Lipinski definition) is 0. The fourth-order valence-corrected chi connectivity index (χ4v) is 2.93. The Balaban J connectivity index is 1.99. The zero-order chi connectivity index (χ0) is 15.0. The summed E-state index contributed by atoms with van der Waals surface area (Å²) < 4.78 is 5.25. The van der Waals surface area contributed by atoms with Crippen molar-refractivity contribution in [3.8, 4) is 0 Å². The van der Waals surface area contributed by atoms with E-state index in [2.05, 4.69) is 6.92 Å². The summed E-state index contributed by atoms with van der Waals surface area (Å²) >= 11 is 0. The van der Waals surface area contributed by atoms with Crippen molar-refractivity contribution in [2.45, 2.75) is 26.7 Å². The Labute approximate surface area is 123 Å². The number of rotatable bonds is 1. The first-order chi connectivity index (χ1) is 10.0. The minimum atomic E-state index is -0.440. The molecule has 2 aromatic rings. The zero-order valence-corrected chi connectivity index (χ0v) is 12.4. The third kappa shape index (κ3) is 2.71. The fraction of sp³-hybridized carbons (Fsp3) is 0.412. The average Bonchev–Trinajstić information content (AvgIpc) is 2.47. The van der Waals surface area contributed by atoms with Crippen LogP contribution in [0.15, 0.2) is 33.5 Å². The molecule has 1 aliphatic rings. The van der Waals surface area contributed by atoms with E-state index in [1.165, 1.54) is 0 Å². The third-order valence-corrected chi connectivity index (χ3v) is 4.07. The highest BCUT2D eigenvalue weighted by Crippen LogP contribution is 2.19. The number of carbonyl (C=O) groups excluding carboxylic acids is 1. The zero-order valence-electron chi connectivity index (χ0n) is 12.4. The van der Waals surface area contributed by atoms with Crippen LogP contribution in [-0.4, -0.2) is 23.9 Å². The summed E-state index contributed by atoms with van der Waals surface area (Å²) in [5.41, 5.74) is 0.559. The smallest absolute Gasteiger partial charge is 0.344 e. The summed E-state index contributed by atoms with van der Waals surface area (Å²) in [4.78, 5) is 26.4. The molecule has 1 amide bonds. The maximum Gasteiger partial charge on any atom is 0.344 e. The van der Waals surface area contributed by atoms with Gasteiger partial charge in [-0.05, 0) is 43.2 Å². The minimum Gasteiger partial charge on any atom is -0.417 e. The molecule has 21 heavy (non-hydrogen) atoms. The van der Waals surface area contributed by atoms with E-state index in [0.717, 1.165) is 36.9 Å². The number of aryl methyl sites for hydroxylation is 1. The molecule has 1 saturated heterocycles. The van der Waals surface area contributed by atoms with Gasteiger partial charge in [-0.3, -0.25) is 4.79 Å². The Bertz CT molecular complexity index is 747. The van der Waals surface area contributed by atoms with Crippen molar-refractivity contribution in [3.63, 3.8) is 0 Å². The number of carbonyl (C=O) groups is 1. The molecule has 0 radical (unpaired) electrons. The van der Waals surface area contributed by atoms with Gasteiger partial charge in [0.1, 0.15) is 0 Å². The molecule has 0 aliphatic carbocycles. The first-order valence-electron chi connectivity index (χ1n) is 7.38. The topological polar surface area (TPSA) is 50.5 Å². The van der Waals surface area contributed by atoms with Crippen molar-refractivity contribution < 1.29 is 9.21 Å². The van der Waals surface area contributed by atoms with Gasteiger partial charge in [-0.25, -0.2) is 4.79 Å². The largest absolute Gasteiger partial charge is 0.417 e. The lowest BCUT2D eigenvalue weighted by Gasteiger charge is -2.30. The molecule has 1 fully saturated rings. The van der Waals surface area contributed by atoms with Crippen LogP contribution in [0.25, 0.3) is 10.8 Å². The van der Waals surface area contributed by atoms with Crippen LogP contribution in [0, 0.1) is 12.8 Å². The van der Waals surface area contributed by atoms with Gasteiger partial charge in [0.05, 0.1) is 5.39 Å². The van der Waals surface area contributed by atoms with E-state index in [1.54, 1.807) is 17.0 Å². The van der Waals surface area contributed by atoms with Gasteiger partial charge in [0.25, 0.3) is 5.91 Å². The predicted molar refractivity (Wildman–Crippen MR) is 81.5 cm³/mol. The number of fused-ring (bicyclic) bond motifs is 1. The van der Waals surface area contributed by atoms with E-state index in [0.29, 0.717) is 11.3 Å². The van der Waals surface area contributed by atoms with Crippen molar-refractivity contribution in [1.82, 2.24) is 4.90 Å². The second kappa shape index (κ2) is 5.35. The first kappa shape index (κ1) is 13.9. The standard InChI is InChI=1S/C17H19NO3/c1-11-5-6-13-9-15(21-17(20)14(13)8-11)16(19)18-7-3-4-12(2)10-18/h5-6,8-9,12H,3-4,7,10H2,1-2H3. The summed E-state index contributed by atoms with van der Waals surface area (Å²) in [5.74, 6) is 0.462. The lowest BCUT2D eigenvalue weighted by Crippen LogP contribution is -2.39. The van der Waals surface area contributed by atoms with E-state index in [4.69, 9.17) is 4.42 Å². The van der Waals surface area contributed by atoms with E-state index in [1.807, 2.05) is 19.1 Å². The van der Waals surface area contributed by atoms with E-state index in [9.17, 15) is 9.59 Å². The summed E-state index contributed by atoms with van der Waals surface area (Å²) in [7, 11) is 0. The van der Waals surface area contributed by atoms with Crippen molar-refractivity contribution in [2.75, 3.05) is 13.1 Å². The number of likely N-dealkylation sites (tertiary alicyclic amines) is 1. The van der Waals surface area contributed by atoms with Crippen LogP contribution in [0.1, 0.15) is 35.9 Å². The third-order valence-electron chi connectivity index (χ3n) is 4.07. The van der Waals surface area contributed by atoms with Crippen LogP contribution in [0.3, 0.4) is 0 Å². The van der Waals surface area contributed by atoms with Crippen LogP contribution in [0.4, 0.5) is 0 Å². The van der Waals surface area contributed by atoms with Crippen molar-refractivity contribution in [3.05, 3.63) is 46.0 Å². The van der Waals surface area contributed by atoms with E-state index < -0.39 is 5.63 Å². The molecule has 1 aliphatic heterocycles. The highest BCUT2D eigenvalue weighted by molar-refractivity contribution is 5.95. The molecule has 3 rings (SSSR count). The first-order valence-corrected chi connectivity index (χ1v) is 7.38. The number of benzene rings is 1. The number of nitrogens with zero attached hydrogens (tertiary/aromatic N) is 1. The number of piperidine rings is 1.